The molecule has 0 bridgehead atoms. The van der Waals surface area contributed by atoms with Crippen molar-refractivity contribution in [1.82, 2.24) is 4.98 Å². The van der Waals surface area contributed by atoms with E-state index >= 15 is 0 Å². The van der Waals surface area contributed by atoms with Crippen molar-refractivity contribution >= 4 is 31.9 Å². The van der Waals surface area contributed by atoms with Crippen LogP contribution in [0.5, 0.6) is 0 Å². The maximum atomic E-state index is 5.37. The summed E-state index contributed by atoms with van der Waals surface area (Å²) >= 11 is 5.37. The molecule has 0 aliphatic heterocycles. The van der Waals surface area contributed by atoms with Crippen molar-refractivity contribution in [2.45, 2.75) is 4.90 Å². The van der Waals surface area contributed by atoms with Gasteiger partial charge in [-0.25, -0.2) is 4.98 Å². The monoisotopic (exact) mass is 489 g/mol. The molecule has 4 heteroatoms. The van der Waals surface area contributed by atoms with Crippen LogP contribution in [0.2, 0.25) is 0 Å². The molecule has 3 rings (SSSR count). The normalized spacial score (nSPS) is 10.5. The maximum Gasteiger partial charge on any atom is 0.0694 e. The van der Waals surface area contributed by atoms with Gasteiger partial charge in [0.1, 0.15) is 0 Å². The van der Waals surface area contributed by atoms with E-state index in [1.807, 2.05) is 36.4 Å². The second kappa shape index (κ2) is 7.80. The van der Waals surface area contributed by atoms with Gasteiger partial charge in [-0.05, 0) is 31.6 Å². The van der Waals surface area contributed by atoms with Gasteiger partial charge in [0.15, 0.2) is 0 Å². The minimum Gasteiger partial charge on any atom is -0.779 e. The predicted molar refractivity (Wildman–Crippen MR) is 89.3 cm³/mol. The first-order valence-electron chi connectivity index (χ1n) is 6.38. The number of rotatable bonds is 3. The van der Waals surface area contributed by atoms with Gasteiger partial charge in [-0.15, -0.1) is 0 Å². The Labute approximate surface area is 146 Å². The molecule has 0 fully saturated rings. The Bertz CT molecular complexity index is 719. The first-order chi connectivity index (χ1) is 9.83. The van der Waals surface area contributed by atoms with Crippen molar-refractivity contribution in [3.8, 4) is 11.3 Å². The van der Waals surface area contributed by atoms with E-state index in [9.17, 15) is 0 Å². The van der Waals surface area contributed by atoms with Crippen molar-refractivity contribution in [3.05, 3.63) is 72.8 Å². The summed E-state index contributed by atoms with van der Waals surface area (Å²) in [5, 5.41) is 1.30. The Kier molecular flexibility index (Phi) is 6.05. The Morgan fingerprint density at radius 3 is 2.24 bits per heavy atom. The minimum absolute atomic E-state index is 0. The van der Waals surface area contributed by atoms with Crippen LogP contribution >= 0.6 is 8.58 Å². The zero-order valence-electron chi connectivity index (χ0n) is 11.1. The largest absolute Gasteiger partial charge is 0.779 e. The Morgan fingerprint density at radius 1 is 0.762 bits per heavy atom. The first-order valence-corrected chi connectivity index (χ1v) is 7.79. The molecule has 1 heterocycles. The average molecular weight is 489 g/mol. The number of hydrogen-bond acceptors (Lipinski definition) is 2. The van der Waals surface area contributed by atoms with E-state index < -0.39 is 0 Å². The number of nitrogens with zero attached hydrogens (tertiary/aromatic N) is 1. The van der Waals surface area contributed by atoms with Crippen LogP contribution in [0.1, 0.15) is 0 Å². The van der Waals surface area contributed by atoms with Gasteiger partial charge in [-0.1, -0.05) is 60.7 Å². The van der Waals surface area contributed by atoms with E-state index in [-0.39, 0.29) is 21.1 Å². The van der Waals surface area contributed by atoms with E-state index in [1.165, 1.54) is 5.30 Å². The molecule has 0 aliphatic carbocycles. The van der Waals surface area contributed by atoms with Gasteiger partial charge in [0, 0.05) is 21.1 Å². The van der Waals surface area contributed by atoms with Crippen LogP contribution in [0.4, 0.5) is 0 Å². The summed E-state index contributed by atoms with van der Waals surface area (Å²) in [5.41, 5.74) is 3.07. The minimum atomic E-state index is 0. The van der Waals surface area contributed by atoms with E-state index in [1.54, 1.807) is 0 Å². The molecule has 0 amide bonds. The molecule has 0 saturated heterocycles. The Hall–Kier alpha value is -1.07. The van der Waals surface area contributed by atoms with Crippen molar-refractivity contribution in [1.29, 1.82) is 0 Å². The van der Waals surface area contributed by atoms with Crippen LogP contribution in [-0.4, -0.2) is 4.98 Å². The van der Waals surface area contributed by atoms with Crippen molar-refractivity contribution in [2.24, 2.45) is 0 Å². The molecular weight excluding hydrogens is 476 g/mol. The quantitative estimate of drug-likeness (QED) is 0.414. The summed E-state index contributed by atoms with van der Waals surface area (Å²) < 4.78 is 0. The number of benzene rings is 2. The molecule has 1 unspecified atom stereocenters. The number of hydrogen-bond donors (Lipinski definition) is 0. The van der Waals surface area contributed by atoms with Gasteiger partial charge < -0.3 is 12.6 Å². The SMILES string of the molecule is [Pt].[S-]c1ccccc1-c1cccc(Pc2ccccc2)n1. The summed E-state index contributed by atoms with van der Waals surface area (Å²) in [4.78, 5) is 5.59. The zero-order valence-corrected chi connectivity index (χ0v) is 15.2. The summed E-state index contributed by atoms with van der Waals surface area (Å²) in [5.74, 6) is 0. The molecule has 21 heavy (non-hydrogen) atoms. The number of pyridine rings is 1. The Balaban J connectivity index is 0.00000161. The smallest absolute Gasteiger partial charge is 0.0694 e. The fourth-order valence-electron chi connectivity index (χ4n) is 2.00. The van der Waals surface area contributed by atoms with Crippen LogP contribution in [0.15, 0.2) is 77.7 Å². The molecule has 0 radical (unpaired) electrons. The van der Waals surface area contributed by atoms with E-state index in [2.05, 4.69) is 36.4 Å². The second-order valence-electron chi connectivity index (χ2n) is 4.40. The summed E-state index contributed by atoms with van der Waals surface area (Å²) in [6.07, 6.45) is 0. The van der Waals surface area contributed by atoms with Gasteiger partial charge in [-0.3, -0.25) is 0 Å². The van der Waals surface area contributed by atoms with E-state index in [0.29, 0.717) is 8.58 Å². The molecule has 3 aromatic rings. The first kappa shape index (κ1) is 16.3. The third kappa shape index (κ3) is 4.20. The van der Waals surface area contributed by atoms with E-state index in [4.69, 9.17) is 17.6 Å². The molecule has 1 atom stereocenters. The summed E-state index contributed by atoms with van der Waals surface area (Å²) in [6.45, 7) is 0. The van der Waals surface area contributed by atoms with Gasteiger partial charge in [0.05, 0.1) is 11.1 Å². The molecule has 108 valence electrons. The zero-order chi connectivity index (χ0) is 13.8. The van der Waals surface area contributed by atoms with Crippen molar-refractivity contribution < 1.29 is 21.1 Å². The van der Waals surface area contributed by atoms with Crippen LogP contribution in [0, 0.1) is 0 Å². The molecule has 0 aliphatic rings. The number of aromatic nitrogens is 1. The molecule has 0 spiro atoms. The third-order valence-corrected chi connectivity index (χ3v) is 4.47. The molecule has 2 aromatic carbocycles. The molecular formula is C17H13NPPtS-. The van der Waals surface area contributed by atoms with Gasteiger partial charge >= 0.3 is 0 Å². The third-order valence-electron chi connectivity index (χ3n) is 2.96. The topological polar surface area (TPSA) is 12.9 Å². The van der Waals surface area contributed by atoms with Gasteiger partial charge in [0.2, 0.25) is 0 Å². The summed E-state index contributed by atoms with van der Waals surface area (Å²) in [6, 6.07) is 24.5. The summed E-state index contributed by atoms with van der Waals surface area (Å²) in [7, 11) is 0.570. The van der Waals surface area contributed by atoms with Crippen molar-refractivity contribution in [3.63, 3.8) is 0 Å². The standard InChI is InChI=1S/C17H14NPS.Pt/c20-16-11-5-4-9-14(16)15-10-6-12-17(18-15)19-13-7-2-1-3-8-13;/h1-12,19-20H;/p-1. The molecule has 1 aromatic heterocycles. The molecule has 0 N–H and O–H groups in total. The Morgan fingerprint density at radius 2 is 1.48 bits per heavy atom. The van der Waals surface area contributed by atoms with Crippen LogP contribution in [0.3, 0.4) is 0 Å². The van der Waals surface area contributed by atoms with Crippen molar-refractivity contribution in [2.75, 3.05) is 0 Å². The molecule has 1 nitrogen and oxygen atoms in total. The van der Waals surface area contributed by atoms with Crippen LogP contribution < -0.4 is 10.7 Å². The van der Waals surface area contributed by atoms with Crippen LogP contribution in [0.25, 0.3) is 11.3 Å². The van der Waals surface area contributed by atoms with Crippen LogP contribution in [-0.2, 0) is 33.7 Å². The maximum absolute atomic E-state index is 5.37. The van der Waals surface area contributed by atoms with Gasteiger partial charge in [-0.2, -0.15) is 4.90 Å². The molecule has 0 saturated carbocycles. The fourth-order valence-corrected chi connectivity index (χ4v) is 3.26. The van der Waals surface area contributed by atoms with Gasteiger partial charge in [0.25, 0.3) is 0 Å². The predicted octanol–water partition coefficient (Wildman–Crippen LogP) is 3.28. The fraction of sp³-hybridized carbons (Fsp3) is 0. The second-order valence-corrected chi connectivity index (χ2v) is 6.17. The average Bonchev–Trinajstić information content (AvgIpc) is 2.49. The van der Waals surface area contributed by atoms with E-state index in [0.717, 1.165) is 21.6 Å².